The lowest BCUT2D eigenvalue weighted by molar-refractivity contribution is -0.141. The van der Waals surface area contributed by atoms with E-state index in [1.807, 2.05) is 0 Å². The predicted molar refractivity (Wildman–Crippen MR) is 40.2 cm³/mol. The summed E-state index contributed by atoms with van der Waals surface area (Å²) in [6, 6.07) is 1.91. The largest absolute Gasteiger partial charge is 0.480 e. The Bertz CT molecular complexity index is 311. The summed E-state index contributed by atoms with van der Waals surface area (Å²) >= 11 is 0. The average molecular weight is 192 g/mol. The molecule has 2 N–H and O–H groups in total. The van der Waals surface area contributed by atoms with Crippen LogP contribution in [0.5, 0.6) is 5.88 Å². The number of hydrogen-bond donors (Lipinski definition) is 1. The van der Waals surface area contributed by atoms with E-state index in [0.29, 0.717) is 0 Å². The van der Waals surface area contributed by atoms with Gasteiger partial charge in [0.1, 0.15) is 5.69 Å². The minimum absolute atomic E-state index is 0.0792. The van der Waals surface area contributed by atoms with E-state index in [4.69, 9.17) is 5.73 Å². The van der Waals surface area contributed by atoms with Crippen molar-refractivity contribution in [2.24, 2.45) is 0 Å². The first-order valence-electron chi connectivity index (χ1n) is 3.33. The number of methoxy groups -OCH3 is 1. The summed E-state index contributed by atoms with van der Waals surface area (Å²) < 4.78 is 40.8. The Kier molecular flexibility index (Phi) is 2.31. The standard InChI is InChI=1S/C7H7F3N2O/c1-13-6-4(11)2-3-5(12-6)7(8,9)10/h2-3H,11H2,1H3. The van der Waals surface area contributed by atoms with Crippen molar-refractivity contribution in [3.05, 3.63) is 17.8 Å². The highest BCUT2D eigenvalue weighted by atomic mass is 19.4. The molecule has 0 amide bonds. The maximum absolute atomic E-state index is 12.1. The average Bonchev–Trinajstić information content (AvgIpc) is 2.03. The molecule has 0 aromatic carbocycles. The molecule has 0 aliphatic rings. The molecule has 0 atom stereocenters. The van der Waals surface area contributed by atoms with Crippen LogP contribution in [0.4, 0.5) is 18.9 Å². The van der Waals surface area contributed by atoms with Crippen molar-refractivity contribution in [1.82, 2.24) is 4.98 Å². The van der Waals surface area contributed by atoms with E-state index < -0.39 is 11.9 Å². The molecule has 13 heavy (non-hydrogen) atoms. The van der Waals surface area contributed by atoms with Gasteiger partial charge in [-0.05, 0) is 12.1 Å². The monoisotopic (exact) mass is 192 g/mol. The number of aromatic nitrogens is 1. The van der Waals surface area contributed by atoms with Gasteiger partial charge in [-0.2, -0.15) is 13.2 Å². The van der Waals surface area contributed by atoms with Crippen LogP contribution in [0.2, 0.25) is 0 Å². The molecule has 0 aliphatic heterocycles. The number of nitrogens with two attached hydrogens (primary N) is 1. The summed E-state index contributed by atoms with van der Waals surface area (Å²) in [6.45, 7) is 0. The zero-order valence-corrected chi connectivity index (χ0v) is 6.72. The number of halogens is 3. The Labute approximate surface area is 72.3 Å². The van der Waals surface area contributed by atoms with E-state index in [0.717, 1.165) is 12.1 Å². The van der Waals surface area contributed by atoms with E-state index in [1.165, 1.54) is 7.11 Å². The second-order valence-corrected chi connectivity index (χ2v) is 2.29. The van der Waals surface area contributed by atoms with Gasteiger partial charge in [-0.15, -0.1) is 0 Å². The van der Waals surface area contributed by atoms with Crippen molar-refractivity contribution in [2.75, 3.05) is 12.8 Å². The van der Waals surface area contributed by atoms with Gasteiger partial charge in [-0.1, -0.05) is 0 Å². The molecule has 0 aliphatic carbocycles. The molecule has 0 fully saturated rings. The van der Waals surface area contributed by atoms with Crippen LogP contribution < -0.4 is 10.5 Å². The molecule has 1 aromatic heterocycles. The van der Waals surface area contributed by atoms with E-state index in [-0.39, 0.29) is 11.6 Å². The van der Waals surface area contributed by atoms with Gasteiger partial charge in [0.05, 0.1) is 12.8 Å². The molecule has 0 saturated carbocycles. The van der Waals surface area contributed by atoms with Gasteiger partial charge in [-0.25, -0.2) is 4.98 Å². The first-order valence-corrected chi connectivity index (χ1v) is 3.33. The fourth-order valence-electron chi connectivity index (χ4n) is 0.773. The Morgan fingerprint density at radius 1 is 1.38 bits per heavy atom. The van der Waals surface area contributed by atoms with E-state index in [9.17, 15) is 13.2 Å². The summed E-state index contributed by atoms with van der Waals surface area (Å²) in [5.41, 5.74) is 4.35. The van der Waals surface area contributed by atoms with Crippen molar-refractivity contribution in [2.45, 2.75) is 6.18 Å². The predicted octanol–water partition coefficient (Wildman–Crippen LogP) is 1.69. The van der Waals surface area contributed by atoms with Gasteiger partial charge in [-0.3, -0.25) is 0 Å². The number of anilines is 1. The van der Waals surface area contributed by atoms with Crippen LogP contribution >= 0.6 is 0 Å². The smallest absolute Gasteiger partial charge is 0.433 e. The highest BCUT2D eigenvalue weighted by Gasteiger charge is 2.33. The number of alkyl halides is 3. The molecule has 0 radical (unpaired) electrons. The minimum Gasteiger partial charge on any atom is -0.480 e. The van der Waals surface area contributed by atoms with Crippen LogP contribution in [0.3, 0.4) is 0 Å². The molecule has 1 heterocycles. The number of ether oxygens (including phenoxy) is 1. The van der Waals surface area contributed by atoms with Gasteiger partial charge in [0.15, 0.2) is 0 Å². The fraction of sp³-hybridized carbons (Fsp3) is 0.286. The molecule has 0 saturated heterocycles. The summed E-state index contributed by atoms with van der Waals surface area (Å²) in [7, 11) is 1.21. The van der Waals surface area contributed by atoms with Crippen molar-refractivity contribution >= 4 is 5.69 Å². The third kappa shape index (κ3) is 2.01. The number of rotatable bonds is 1. The third-order valence-electron chi connectivity index (χ3n) is 1.37. The van der Waals surface area contributed by atoms with E-state index in [1.54, 1.807) is 0 Å². The molecule has 3 nitrogen and oxygen atoms in total. The Balaban J connectivity index is 3.14. The van der Waals surface area contributed by atoms with E-state index in [2.05, 4.69) is 9.72 Å². The molecule has 72 valence electrons. The lowest BCUT2D eigenvalue weighted by atomic mass is 10.3. The first kappa shape index (κ1) is 9.63. The SMILES string of the molecule is COc1nc(C(F)(F)F)ccc1N. The molecular weight excluding hydrogens is 185 g/mol. The van der Waals surface area contributed by atoms with Gasteiger partial charge in [0.25, 0.3) is 0 Å². The Hall–Kier alpha value is -1.46. The quantitative estimate of drug-likeness (QED) is 0.736. The van der Waals surface area contributed by atoms with Crippen molar-refractivity contribution < 1.29 is 17.9 Å². The highest BCUT2D eigenvalue weighted by molar-refractivity contribution is 5.48. The molecule has 1 rings (SSSR count). The molecule has 1 aromatic rings. The van der Waals surface area contributed by atoms with Crippen LogP contribution in [-0.4, -0.2) is 12.1 Å². The molecule has 0 spiro atoms. The zero-order valence-electron chi connectivity index (χ0n) is 6.72. The molecular formula is C7H7F3N2O. The lowest BCUT2D eigenvalue weighted by Crippen LogP contribution is -2.09. The number of nitrogens with zero attached hydrogens (tertiary/aromatic N) is 1. The summed E-state index contributed by atoms with van der Waals surface area (Å²) in [5.74, 6) is -0.213. The van der Waals surface area contributed by atoms with E-state index >= 15 is 0 Å². The molecule has 6 heteroatoms. The van der Waals surface area contributed by atoms with Gasteiger partial charge < -0.3 is 10.5 Å². The van der Waals surface area contributed by atoms with Crippen LogP contribution in [0.1, 0.15) is 5.69 Å². The lowest BCUT2D eigenvalue weighted by Gasteiger charge is -2.08. The van der Waals surface area contributed by atoms with Crippen LogP contribution in [0.25, 0.3) is 0 Å². The molecule has 0 unspecified atom stereocenters. The second kappa shape index (κ2) is 3.12. The van der Waals surface area contributed by atoms with Crippen LogP contribution in [0.15, 0.2) is 12.1 Å². The number of pyridine rings is 1. The van der Waals surface area contributed by atoms with Crippen molar-refractivity contribution in [3.63, 3.8) is 0 Å². The van der Waals surface area contributed by atoms with Gasteiger partial charge in [0.2, 0.25) is 5.88 Å². The summed E-state index contributed by atoms with van der Waals surface area (Å²) in [5, 5.41) is 0. The normalized spacial score (nSPS) is 11.4. The minimum atomic E-state index is -4.47. The maximum Gasteiger partial charge on any atom is 0.433 e. The third-order valence-corrected chi connectivity index (χ3v) is 1.37. The van der Waals surface area contributed by atoms with Crippen LogP contribution in [-0.2, 0) is 6.18 Å². The zero-order chi connectivity index (χ0) is 10.1. The number of nitrogen functional groups attached to an aromatic ring is 1. The topological polar surface area (TPSA) is 48.1 Å². The second-order valence-electron chi connectivity index (χ2n) is 2.29. The van der Waals surface area contributed by atoms with Gasteiger partial charge >= 0.3 is 6.18 Å². The van der Waals surface area contributed by atoms with Gasteiger partial charge in [0, 0.05) is 0 Å². The van der Waals surface area contributed by atoms with Crippen LogP contribution in [0, 0.1) is 0 Å². The first-order chi connectivity index (χ1) is 5.95. The van der Waals surface area contributed by atoms with Crippen molar-refractivity contribution in [3.8, 4) is 5.88 Å². The van der Waals surface area contributed by atoms with Crippen molar-refractivity contribution in [1.29, 1.82) is 0 Å². The summed E-state index contributed by atoms with van der Waals surface area (Å²) in [6.07, 6.45) is -4.47. The summed E-state index contributed by atoms with van der Waals surface area (Å²) in [4.78, 5) is 3.19. The fourth-order valence-corrected chi connectivity index (χ4v) is 0.773. The highest BCUT2D eigenvalue weighted by Crippen LogP contribution is 2.30. The Morgan fingerprint density at radius 2 is 2.00 bits per heavy atom. The Morgan fingerprint density at radius 3 is 2.46 bits per heavy atom. The number of hydrogen-bond acceptors (Lipinski definition) is 3. The molecule has 0 bridgehead atoms. The maximum atomic E-state index is 12.1.